The van der Waals surface area contributed by atoms with Gasteiger partial charge in [-0.05, 0) is 29.0 Å². The number of hydrazone groups is 1. The summed E-state index contributed by atoms with van der Waals surface area (Å²) in [5, 5.41) is 5.37. The Hall–Kier alpha value is -3.10. The SMILES string of the molecule is CN(CC(=O)NN=Cc1ccccc1F)S(=O)(=O)c1ccc2ccccc2c1. The van der Waals surface area contributed by atoms with Crippen LogP contribution in [0.4, 0.5) is 4.39 Å². The summed E-state index contributed by atoms with van der Waals surface area (Å²) in [6, 6.07) is 18.1. The molecule has 3 rings (SSSR count). The molecule has 0 aliphatic carbocycles. The van der Waals surface area contributed by atoms with E-state index in [1.807, 2.05) is 24.3 Å². The summed E-state index contributed by atoms with van der Waals surface area (Å²) in [7, 11) is -2.54. The van der Waals surface area contributed by atoms with Crippen LogP contribution in [-0.4, -0.2) is 38.4 Å². The maximum Gasteiger partial charge on any atom is 0.255 e. The summed E-state index contributed by atoms with van der Waals surface area (Å²) in [4.78, 5) is 12.1. The van der Waals surface area contributed by atoms with Crippen LogP contribution in [-0.2, 0) is 14.8 Å². The summed E-state index contributed by atoms with van der Waals surface area (Å²) in [6.07, 6.45) is 1.16. The third-order valence-corrected chi connectivity index (χ3v) is 5.89. The first-order chi connectivity index (χ1) is 13.4. The molecule has 0 unspecified atom stereocenters. The molecule has 6 nitrogen and oxygen atoms in total. The Kier molecular flexibility index (Phi) is 5.81. The topological polar surface area (TPSA) is 78.8 Å². The molecule has 0 aliphatic heterocycles. The van der Waals surface area contributed by atoms with Gasteiger partial charge in [0, 0.05) is 12.6 Å². The molecule has 28 heavy (non-hydrogen) atoms. The molecule has 1 amide bonds. The zero-order valence-corrected chi connectivity index (χ0v) is 15.9. The summed E-state index contributed by atoms with van der Waals surface area (Å²) < 4.78 is 39.8. The van der Waals surface area contributed by atoms with E-state index in [0.717, 1.165) is 21.3 Å². The van der Waals surface area contributed by atoms with Gasteiger partial charge in [-0.1, -0.05) is 48.5 Å². The lowest BCUT2D eigenvalue weighted by molar-refractivity contribution is -0.121. The van der Waals surface area contributed by atoms with Crippen molar-refractivity contribution in [3.63, 3.8) is 0 Å². The van der Waals surface area contributed by atoms with Crippen molar-refractivity contribution >= 4 is 32.9 Å². The van der Waals surface area contributed by atoms with Gasteiger partial charge in [0.1, 0.15) is 5.82 Å². The second kappa shape index (κ2) is 8.28. The number of hydrogen-bond donors (Lipinski definition) is 1. The molecule has 0 spiro atoms. The first-order valence-electron chi connectivity index (χ1n) is 8.39. The Labute approximate surface area is 162 Å². The van der Waals surface area contributed by atoms with Crippen LogP contribution in [0.5, 0.6) is 0 Å². The fourth-order valence-electron chi connectivity index (χ4n) is 2.58. The zero-order valence-electron chi connectivity index (χ0n) is 15.0. The van der Waals surface area contributed by atoms with Crippen molar-refractivity contribution in [1.82, 2.24) is 9.73 Å². The van der Waals surface area contributed by atoms with Gasteiger partial charge in [-0.3, -0.25) is 4.79 Å². The van der Waals surface area contributed by atoms with E-state index in [-0.39, 0.29) is 10.5 Å². The van der Waals surface area contributed by atoms with Crippen LogP contribution in [0, 0.1) is 5.82 Å². The van der Waals surface area contributed by atoms with Gasteiger partial charge in [0.25, 0.3) is 5.91 Å². The molecular formula is C20H18FN3O3S. The third kappa shape index (κ3) is 4.41. The van der Waals surface area contributed by atoms with Crippen LogP contribution in [0.25, 0.3) is 10.8 Å². The molecular weight excluding hydrogens is 381 g/mol. The summed E-state index contributed by atoms with van der Waals surface area (Å²) in [6.45, 7) is -0.427. The van der Waals surface area contributed by atoms with Crippen molar-refractivity contribution in [1.29, 1.82) is 0 Å². The van der Waals surface area contributed by atoms with Gasteiger partial charge in [-0.15, -0.1) is 0 Å². The Morgan fingerprint density at radius 1 is 1.07 bits per heavy atom. The van der Waals surface area contributed by atoms with Crippen LogP contribution >= 0.6 is 0 Å². The van der Waals surface area contributed by atoms with Gasteiger partial charge in [0.05, 0.1) is 17.7 Å². The van der Waals surface area contributed by atoms with Crippen molar-refractivity contribution in [2.45, 2.75) is 4.90 Å². The average Bonchev–Trinajstić information content (AvgIpc) is 2.69. The molecule has 0 aromatic heterocycles. The third-order valence-electron chi connectivity index (χ3n) is 4.09. The minimum Gasteiger partial charge on any atom is -0.272 e. The van der Waals surface area contributed by atoms with E-state index in [2.05, 4.69) is 10.5 Å². The van der Waals surface area contributed by atoms with Crippen LogP contribution in [0.3, 0.4) is 0 Å². The van der Waals surface area contributed by atoms with E-state index in [4.69, 9.17) is 0 Å². The Balaban J connectivity index is 1.67. The number of hydrogen-bond acceptors (Lipinski definition) is 4. The second-order valence-corrected chi connectivity index (χ2v) is 8.13. The number of amides is 1. The van der Waals surface area contributed by atoms with Crippen LogP contribution < -0.4 is 5.43 Å². The second-order valence-electron chi connectivity index (χ2n) is 6.08. The molecule has 0 heterocycles. The van der Waals surface area contributed by atoms with Crippen molar-refractivity contribution < 1.29 is 17.6 Å². The quantitative estimate of drug-likeness (QED) is 0.511. The molecule has 0 bridgehead atoms. The van der Waals surface area contributed by atoms with Crippen LogP contribution in [0.1, 0.15) is 5.56 Å². The van der Waals surface area contributed by atoms with Crippen molar-refractivity contribution in [3.05, 3.63) is 78.1 Å². The molecule has 0 saturated carbocycles. The van der Waals surface area contributed by atoms with Crippen molar-refractivity contribution in [3.8, 4) is 0 Å². The highest BCUT2D eigenvalue weighted by atomic mass is 32.2. The molecule has 3 aromatic carbocycles. The maximum absolute atomic E-state index is 13.5. The molecule has 8 heteroatoms. The van der Waals surface area contributed by atoms with Gasteiger partial charge in [-0.2, -0.15) is 9.41 Å². The Morgan fingerprint density at radius 2 is 1.75 bits per heavy atom. The summed E-state index contributed by atoms with van der Waals surface area (Å²) in [5.41, 5.74) is 2.41. The minimum atomic E-state index is -3.85. The molecule has 0 radical (unpaired) electrons. The first-order valence-corrected chi connectivity index (χ1v) is 9.83. The van der Waals surface area contributed by atoms with E-state index in [1.54, 1.807) is 18.2 Å². The number of carbonyl (C=O) groups excluding carboxylic acids is 1. The maximum atomic E-state index is 13.5. The van der Waals surface area contributed by atoms with E-state index in [0.29, 0.717) is 0 Å². The van der Waals surface area contributed by atoms with E-state index >= 15 is 0 Å². The number of nitrogens with zero attached hydrogens (tertiary/aromatic N) is 2. The van der Waals surface area contributed by atoms with E-state index in [1.165, 1.54) is 31.3 Å². The van der Waals surface area contributed by atoms with E-state index in [9.17, 15) is 17.6 Å². The lowest BCUT2D eigenvalue weighted by Crippen LogP contribution is -2.36. The number of fused-ring (bicyclic) bond motifs is 1. The van der Waals surface area contributed by atoms with Crippen LogP contribution in [0.2, 0.25) is 0 Å². The number of benzene rings is 3. The molecule has 3 aromatic rings. The molecule has 0 fully saturated rings. The smallest absolute Gasteiger partial charge is 0.255 e. The number of sulfonamides is 1. The number of halogens is 1. The molecule has 144 valence electrons. The molecule has 0 atom stereocenters. The summed E-state index contributed by atoms with van der Waals surface area (Å²) >= 11 is 0. The number of carbonyl (C=O) groups is 1. The van der Waals surface area contributed by atoms with Gasteiger partial charge < -0.3 is 0 Å². The standard InChI is InChI=1S/C20H18FN3O3S/c1-24(14-20(25)23-22-13-17-8-4-5-9-19(17)21)28(26,27)18-11-10-15-6-2-3-7-16(15)12-18/h2-13H,14H2,1H3,(H,23,25). The number of rotatable bonds is 6. The van der Waals surface area contributed by atoms with Crippen molar-refractivity contribution in [2.75, 3.05) is 13.6 Å². The normalized spacial score (nSPS) is 12.0. The lowest BCUT2D eigenvalue weighted by atomic mass is 10.1. The predicted octanol–water partition coefficient (Wildman–Crippen LogP) is 2.75. The van der Waals surface area contributed by atoms with Gasteiger partial charge in [0.15, 0.2) is 0 Å². The largest absolute Gasteiger partial charge is 0.272 e. The molecule has 1 N–H and O–H groups in total. The molecule has 0 aliphatic rings. The van der Waals surface area contributed by atoms with E-state index < -0.39 is 28.3 Å². The molecule has 0 saturated heterocycles. The van der Waals surface area contributed by atoms with Crippen molar-refractivity contribution in [2.24, 2.45) is 5.10 Å². The number of nitrogens with one attached hydrogen (secondary N) is 1. The highest BCUT2D eigenvalue weighted by Gasteiger charge is 2.23. The average molecular weight is 399 g/mol. The van der Waals surface area contributed by atoms with Gasteiger partial charge in [-0.25, -0.2) is 18.2 Å². The highest BCUT2D eigenvalue weighted by Crippen LogP contribution is 2.21. The van der Waals surface area contributed by atoms with Crippen LogP contribution in [0.15, 0.2) is 76.7 Å². The minimum absolute atomic E-state index is 0.0938. The lowest BCUT2D eigenvalue weighted by Gasteiger charge is -2.16. The fourth-order valence-corrected chi connectivity index (χ4v) is 3.75. The predicted molar refractivity (Wildman–Crippen MR) is 106 cm³/mol. The fraction of sp³-hybridized carbons (Fsp3) is 0.100. The number of likely N-dealkylation sites (N-methyl/N-ethyl adjacent to an activating group) is 1. The zero-order chi connectivity index (χ0) is 20.1. The Bertz CT molecular complexity index is 1150. The highest BCUT2D eigenvalue weighted by molar-refractivity contribution is 7.89. The van der Waals surface area contributed by atoms with Gasteiger partial charge >= 0.3 is 0 Å². The first kappa shape index (κ1) is 19.7. The Morgan fingerprint density at radius 3 is 2.50 bits per heavy atom. The summed E-state index contributed by atoms with van der Waals surface area (Å²) in [5.74, 6) is -1.11. The van der Waals surface area contributed by atoms with Gasteiger partial charge in [0.2, 0.25) is 10.0 Å². The monoisotopic (exact) mass is 399 g/mol.